The number of nitrogens with two attached hydrogens (primary N) is 1. The van der Waals surface area contributed by atoms with E-state index in [9.17, 15) is 9.59 Å². The Morgan fingerprint density at radius 1 is 1.16 bits per heavy atom. The Morgan fingerprint density at radius 2 is 1.84 bits per heavy atom. The highest BCUT2D eigenvalue weighted by Crippen LogP contribution is 2.44. The second-order valence-corrected chi connectivity index (χ2v) is 9.15. The zero-order valence-corrected chi connectivity index (χ0v) is 19.8. The third kappa shape index (κ3) is 5.35. The number of rotatable bonds is 8. The maximum Gasteiger partial charge on any atom is 0.323 e. The average Bonchev–Trinajstić information content (AvgIpc) is 2.77. The van der Waals surface area contributed by atoms with Crippen molar-refractivity contribution in [3.8, 4) is 11.5 Å². The van der Waals surface area contributed by atoms with Crippen LogP contribution in [0.5, 0.6) is 11.5 Å². The maximum absolute atomic E-state index is 12.7. The summed E-state index contributed by atoms with van der Waals surface area (Å²) in [7, 11) is 4.56. The van der Waals surface area contributed by atoms with Crippen molar-refractivity contribution in [3.05, 3.63) is 23.3 Å². The van der Waals surface area contributed by atoms with Crippen LogP contribution < -0.4 is 15.2 Å². The van der Waals surface area contributed by atoms with E-state index in [-0.39, 0.29) is 24.5 Å². The van der Waals surface area contributed by atoms with E-state index in [1.54, 1.807) is 14.2 Å². The van der Waals surface area contributed by atoms with Gasteiger partial charge in [-0.25, -0.2) is 0 Å². The molecule has 3 rings (SSSR count). The molecule has 8 heteroatoms. The molecule has 2 aliphatic rings. The first-order valence-corrected chi connectivity index (χ1v) is 11.3. The van der Waals surface area contributed by atoms with Gasteiger partial charge in [-0.05, 0) is 42.0 Å². The summed E-state index contributed by atoms with van der Waals surface area (Å²) in [5.74, 6) is 1.04. The Morgan fingerprint density at radius 3 is 2.47 bits per heavy atom. The number of nitrogens with zero attached hydrogens (tertiary/aromatic N) is 1. The van der Waals surface area contributed by atoms with Crippen molar-refractivity contribution in [1.29, 1.82) is 0 Å². The van der Waals surface area contributed by atoms with Gasteiger partial charge in [0.2, 0.25) is 0 Å². The molecule has 4 atom stereocenters. The third-order valence-electron chi connectivity index (χ3n) is 6.52. The largest absolute Gasteiger partial charge is 0.493 e. The van der Waals surface area contributed by atoms with Crippen molar-refractivity contribution in [1.82, 2.24) is 4.90 Å². The quantitative estimate of drug-likeness (QED) is 0.606. The van der Waals surface area contributed by atoms with Crippen LogP contribution in [0, 0.1) is 11.8 Å². The second kappa shape index (κ2) is 10.5. The predicted molar refractivity (Wildman–Crippen MR) is 120 cm³/mol. The van der Waals surface area contributed by atoms with E-state index >= 15 is 0 Å². The van der Waals surface area contributed by atoms with Crippen LogP contribution in [0.15, 0.2) is 12.1 Å². The molecule has 0 bridgehead atoms. The monoisotopic (exact) mass is 448 g/mol. The molecule has 1 fully saturated rings. The van der Waals surface area contributed by atoms with Gasteiger partial charge < -0.3 is 24.7 Å². The SMILES string of the molecule is COC(=O)C[C@H](N)C(=O)O[C@@H]1C[C@@H]2c3cc(OC)c(OC)cc3CCN2C[C@H]1CC(C)C. The topological polar surface area (TPSA) is 100 Å². The molecule has 1 aromatic carbocycles. The van der Waals surface area contributed by atoms with Crippen LogP contribution >= 0.6 is 0 Å². The highest BCUT2D eigenvalue weighted by molar-refractivity contribution is 5.82. The molecule has 0 spiro atoms. The van der Waals surface area contributed by atoms with Gasteiger partial charge in [0, 0.05) is 31.5 Å². The van der Waals surface area contributed by atoms with Gasteiger partial charge in [0.1, 0.15) is 12.1 Å². The third-order valence-corrected chi connectivity index (χ3v) is 6.52. The van der Waals surface area contributed by atoms with Gasteiger partial charge in [-0.15, -0.1) is 0 Å². The van der Waals surface area contributed by atoms with Gasteiger partial charge in [0.25, 0.3) is 0 Å². The molecule has 2 heterocycles. The Labute approximate surface area is 190 Å². The summed E-state index contributed by atoms with van der Waals surface area (Å²) < 4.78 is 21.6. The number of esters is 2. The van der Waals surface area contributed by atoms with Crippen LogP contribution in [0.1, 0.15) is 50.3 Å². The molecule has 1 aromatic rings. The average molecular weight is 449 g/mol. The van der Waals surface area contributed by atoms with Gasteiger partial charge in [-0.3, -0.25) is 14.5 Å². The summed E-state index contributed by atoms with van der Waals surface area (Å²) in [5.41, 5.74) is 8.35. The van der Waals surface area contributed by atoms with Gasteiger partial charge in [0.15, 0.2) is 11.5 Å². The molecule has 1 saturated heterocycles. The van der Waals surface area contributed by atoms with E-state index < -0.39 is 18.0 Å². The highest BCUT2D eigenvalue weighted by atomic mass is 16.5. The summed E-state index contributed by atoms with van der Waals surface area (Å²) in [5, 5.41) is 0. The lowest BCUT2D eigenvalue weighted by Gasteiger charge is -2.47. The van der Waals surface area contributed by atoms with E-state index in [2.05, 4.69) is 35.6 Å². The molecule has 0 saturated carbocycles. The van der Waals surface area contributed by atoms with Gasteiger partial charge in [-0.2, -0.15) is 0 Å². The maximum atomic E-state index is 12.7. The van der Waals surface area contributed by atoms with Gasteiger partial charge in [-0.1, -0.05) is 13.8 Å². The van der Waals surface area contributed by atoms with Crippen molar-refractivity contribution < 1.29 is 28.5 Å². The number of benzene rings is 1. The Balaban J connectivity index is 1.84. The zero-order chi connectivity index (χ0) is 23.4. The lowest BCUT2D eigenvalue weighted by Crippen LogP contribution is -2.50. The lowest BCUT2D eigenvalue weighted by molar-refractivity contribution is -0.161. The lowest BCUT2D eigenvalue weighted by atomic mass is 9.79. The summed E-state index contributed by atoms with van der Waals surface area (Å²) in [6, 6.07) is 3.20. The van der Waals surface area contributed by atoms with Crippen molar-refractivity contribution in [2.24, 2.45) is 17.6 Å². The first-order chi connectivity index (χ1) is 15.3. The molecule has 2 aliphatic heterocycles. The highest BCUT2D eigenvalue weighted by Gasteiger charge is 2.41. The van der Waals surface area contributed by atoms with Crippen molar-refractivity contribution in [2.75, 3.05) is 34.4 Å². The van der Waals surface area contributed by atoms with Crippen molar-refractivity contribution in [3.63, 3.8) is 0 Å². The Hall–Kier alpha value is -2.32. The number of hydrogen-bond acceptors (Lipinski definition) is 8. The minimum Gasteiger partial charge on any atom is -0.493 e. The molecule has 0 aliphatic carbocycles. The molecule has 0 unspecified atom stereocenters. The molecule has 0 amide bonds. The molecule has 0 aromatic heterocycles. The predicted octanol–water partition coefficient (Wildman–Crippen LogP) is 2.47. The number of hydrogen-bond donors (Lipinski definition) is 1. The minimum atomic E-state index is -1.02. The Bertz CT molecular complexity index is 827. The molecule has 178 valence electrons. The number of piperidine rings is 1. The number of fused-ring (bicyclic) bond motifs is 3. The van der Waals surface area contributed by atoms with E-state index in [0.717, 1.165) is 31.7 Å². The number of methoxy groups -OCH3 is 3. The fraction of sp³-hybridized carbons (Fsp3) is 0.667. The molecule has 32 heavy (non-hydrogen) atoms. The molecule has 0 radical (unpaired) electrons. The van der Waals surface area contributed by atoms with Gasteiger partial charge >= 0.3 is 11.9 Å². The van der Waals surface area contributed by atoms with Crippen LogP contribution in [0.25, 0.3) is 0 Å². The summed E-state index contributed by atoms with van der Waals surface area (Å²) in [4.78, 5) is 26.7. The summed E-state index contributed by atoms with van der Waals surface area (Å²) in [6.45, 7) is 6.15. The zero-order valence-electron chi connectivity index (χ0n) is 19.8. The fourth-order valence-electron chi connectivity index (χ4n) is 4.96. The van der Waals surface area contributed by atoms with Crippen LogP contribution in [0.3, 0.4) is 0 Å². The Kier molecular flexibility index (Phi) is 8.00. The smallest absolute Gasteiger partial charge is 0.323 e. The van der Waals surface area contributed by atoms with E-state index in [1.165, 1.54) is 18.2 Å². The van der Waals surface area contributed by atoms with E-state index in [4.69, 9.17) is 19.9 Å². The number of carbonyl (C=O) groups is 2. The molecule has 8 nitrogen and oxygen atoms in total. The molecule has 2 N–H and O–H groups in total. The van der Waals surface area contributed by atoms with E-state index in [0.29, 0.717) is 18.1 Å². The van der Waals surface area contributed by atoms with E-state index in [1.807, 2.05) is 0 Å². The van der Waals surface area contributed by atoms with Crippen molar-refractivity contribution >= 4 is 11.9 Å². The van der Waals surface area contributed by atoms with Crippen LogP contribution in [0.4, 0.5) is 0 Å². The van der Waals surface area contributed by atoms with Crippen LogP contribution in [-0.2, 0) is 25.5 Å². The minimum absolute atomic E-state index is 0.122. The number of carbonyl (C=O) groups excluding carboxylic acids is 2. The summed E-state index contributed by atoms with van der Waals surface area (Å²) >= 11 is 0. The van der Waals surface area contributed by atoms with Crippen LogP contribution in [0.2, 0.25) is 0 Å². The fourth-order valence-corrected chi connectivity index (χ4v) is 4.96. The molecular formula is C24H36N2O6. The number of ether oxygens (including phenoxy) is 4. The van der Waals surface area contributed by atoms with Gasteiger partial charge in [0.05, 0.1) is 27.8 Å². The summed E-state index contributed by atoms with van der Waals surface area (Å²) in [6.07, 6.45) is 2.11. The molecular weight excluding hydrogens is 412 g/mol. The normalized spacial score (nSPS) is 23.7. The standard InChI is InChI=1S/C24H36N2O6/c1-14(2)8-16-13-26-7-6-15-9-21(29-3)22(30-4)10-17(15)19(26)12-20(16)32-24(28)18(25)11-23(27)31-5/h9-10,14,16,18-20H,6-8,11-13,25H2,1-5H3/t16-,18+,19-,20-/m1/s1. The van der Waals surface area contributed by atoms with Crippen LogP contribution in [-0.4, -0.2) is 63.4 Å². The second-order valence-electron chi connectivity index (χ2n) is 9.15. The van der Waals surface area contributed by atoms with Crippen molar-refractivity contribution in [2.45, 2.75) is 57.7 Å². The first kappa shape index (κ1) is 24.3. The first-order valence-electron chi connectivity index (χ1n) is 11.3.